The standard InChI is InChI=1S/C24H35NO4S/c1-18(2)14-17-24(15-8-3-9-16-24)23(29)25-19-10-4-5-11-20(19)30-22(28)13-7-6-12-21(26)27/h4-5,10-11,18H,3,6-9,12-17H2,1-2H3,(H,25,29)(H,26,27). The van der Waals surface area contributed by atoms with E-state index in [4.69, 9.17) is 5.11 Å². The summed E-state index contributed by atoms with van der Waals surface area (Å²) in [5.41, 5.74) is 0.391. The van der Waals surface area contributed by atoms with Gasteiger partial charge in [-0.05, 0) is 68.3 Å². The van der Waals surface area contributed by atoms with Gasteiger partial charge in [0, 0.05) is 23.2 Å². The van der Waals surface area contributed by atoms with Crippen molar-refractivity contribution in [2.45, 2.75) is 89.4 Å². The molecule has 0 heterocycles. The van der Waals surface area contributed by atoms with Gasteiger partial charge in [-0.25, -0.2) is 0 Å². The van der Waals surface area contributed by atoms with Crippen molar-refractivity contribution in [3.05, 3.63) is 24.3 Å². The minimum absolute atomic E-state index is 0.00530. The normalized spacial score (nSPS) is 15.7. The average Bonchev–Trinajstić information content (AvgIpc) is 2.71. The summed E-state index contributed by atoms with van der Waals surface area (Å²) in [5, 5.41) is 11.8. The Morgan fingerprint density at radius 2 is 1.73 bits per heavy atom. The van der Waals surface area contributed by atoms with E-state index in [0.29, 0.717) is 30.9 Å². The van der Waals surface area contributed by atoms with Crippen molar-refractivity contribution in [1.82, 2.24) is 0 Å². The lowest BCUT2D eigenvalue weighted by Gasteiger charge is -2.36. The Morgan fingerprint density at radius 3 is 2.40 bits per heavy atom. The monoisotopic (exact) mass is 433 g/mol. The smallest absolute Gasteiger partial charge is 0.303 e. The maximum Gasteiger partial charge on any atom is 0.303 e. The molecule has 1 amide bonds. The molecule has 0 bridgehead atoms. The van der Waals surface area contributed by atoms with E-state index >= 15 is 0 Å². The van der Waals surface area contributed by atoms with E-state index in [2.05, 4.69) is 19.2 Å². The molecule has 0 aliphatic heterocycles. The predicted molar refractivity (Wildman–Crippen MR) is 122 cm³/mol. The van der Waals surface area contributed by atoms with Crippen LogP contribution in [0.25, 0.3) is 0 Å². The number of rotatable bonds is 11. The highest BCUT2D eigenvalue weighted by Crippen LogP contribution is 2.42. The van der Waals surface area contributed by atoms with Crippen LogP contribution in [-0.4, -0.2) is 22.1 Å². The topological polar surface area (TPSA) is 83.5 Å². The van der Waals surface area contributed by atoms with Crippen molar-refractivity contribution < 1.29 is 19.5 Å². The Kier molecular flexibility index (Phi) is 9.89. The van der Waals surface area contributed by atoms with Crippen molar-refractivity contribution in [1.29, 1.82) is 0 Å². The molecule has 30 heavy (non-hydrogen) atoms. The number of nitrogens with one attached hydrogen (secondary N) is 1. The summed E-state index contributed by atoms with van der Waals surface area (Å²) in [7, 11) is 0. The summed E-state index contributed by atoms with van der Waals surface area (Å²) >= 11 is 1.13. The molecule has 2 rings (SSSR count). The molecule has 0 atom stereocenters. The molecule has 1 aliphatic carbocycles. The number of benzene rings is 1. The second-order valence-corrected chi connectivity index (χ2v) is 9.90. The maximum absolute atomic E-state index is 13.4. The van der Waals surface area contributed by atoms with E-state index in [1.165, 1.54) is 6.42 Å². The van der Waals surface area contributed by atoms with Crippen LogP contribution in [0.5, 0.6) is 0 Å². The molecule has 6 heteroatoms. The molecule has 0 unspecified atom stereocenters. The summed E-state index contributed by atoms with van der Waals surface area (Å²) in [4.78, 5) is 37.0. The highest BCUT2D eigenvalue weighted by Gasteiger charge is 2.39. The lowest BCUT2D eigenvalue weighted by atomic mass is 9.69. The molecule has 1 fully saturated rings. The number of hydrogen-bond donors (Lipinski definition) is 2. The summed E-state index contributed by atoms with van der Waals surface area (Å²) in [6.45, 7) is 4.39. The van der Waals surface area contributed by atoms with E-state index in [1.54, 1.807) is 0 Å². The van der Waals surface area contributed by atoms with Crippen LogP contribution in [0.15, 0.2) is 29.2 Å². The van der Waals surface area contributed by atoms with Crippen LogP contribution < -0.4 is 5.32 Å². The van der Waals surface area contributed by atoms with Gasteiger partial charge in [0.2, 0.25) is 5.91 Å². The molecule has 0 radical (unpaired) electrons. The Labute approximate surface area is 184 Å². The molecule has 1 aromatic carbocycles. The molecular formula is C24H35NO4S. The highest BCUT2D eigenvalue weighted by molar-refractivity contribution is 8.13. The summed E-state index contributed by atoms with van der Waals surface area (Å²) in [6.07, 6.45) is 8.68. The van der Waals surface area contributed by atoms with Crippen molar-refractivity contribution in [2.24, 2.45) is 11.3 Å². The molecule has 1 saturated carbocycles. The Balaban J connectivity index is 2.02. The van der Waals surface area contributed by atoms with Crippen LogP contribution in [0, 0.1) is 11.3 Å². The summed E-state index contributed by atoms with van der Waals surface area (Å²) in [6, 6.07) is 7.46. The fourth-order valence-corrected chi connectivity index (χ4v) is 4.88. The number of para-hydroxylation sites is 1. The second kappa shape index (κ2) is 12.1. The number of unbranched alkanes of at least 4 members (excludes halogenated alkanes) is 1. The first-order valence-electron chi connectivity index (χ1n) is 11.2. The van der Waals surface area contributed by atoms with Crippen LogP contribution in [0.1, 0.15) is 84.5 Å². The van der Waals surface area contributed by atoms with Gasteiger partial charge in [-0.2, -0.15) is 0 Å². The SMILES string of the molecule is CC(C)CCC1(C(=O)Nc2ccccc2SC(=O)CCCCC(=O)O)CCCCC1. The number of anilines is 1. The summed E-state index contributed by atoms with van der Waals surface area (Å²) in [5.74, 6) is -0.180. The number of carbonyl (C=O) groups is 3. The molecule has 166 valence electrons. The second-order valence-electron chi connectivity index (χ2n) is 8.80. The lowest BCUT2D eigenvalue weighted by molar-refractivity contribution is -0.137. The fourth-order valence-electron chi connectivity index (χ4n) is 4.02. The average molecular weight is 434 g/mol. The zero-order valence-corrected chi connectivity index (χ0v) is 19.1. The van der Waals surface area contributed by atoms with Gasteiger partial charge in [0.1, 0.15) is 0 Å². The maximum atomic E-state index is 13.4. The van der Waals surface area contributed by atoms with Crippen molar-refractivity contribution >= 4 is 34.4 Å². The molecule has 1 aliphatic rings. The van der Waals surface area contributed by atoms with Gasteiger partial charge in [-0.15, -0.1) is 0 Å². The number of aliphatic carboxylic acids is 1. The van der Waals surface area contributed by atoms with Crippen LogP contribution in [0.3, 0.4) is 0 Å². The van der Waals surface area contributed by atoms with E-state index < -0.39 is 5.97 Å². The number of hydrogen-bond acceptors (Lipinski definition) is 4. The molecule has 0 aromatic heterocycles. The molecule has 2 N–H and O–H groups in total. The van der Waals surface area contributed by atoms with Gasteiger partial charge in [0.15, 0.2) is 5.12 Å². The quantitative estimate of drug-likeness (QED) is 0.317. The highest BCUT2D eigenvalue weighted by atomic mass is 32.2. The van der Waals surface area contributed by atoms with Crippen LogP contribution >= 0.6 is 11.8 Å². The molecule has 1 aromatic rings. The van der Waals surface area contributed by atoms with Gasteiger partial charge in [-0.3, -0.25) is 14.4 Å². The van der Waals surface area contributed by atoms with Crippen molar-refractivity contribution in [2.75, 3.05) is 5.32 Å². The number of thioether (sulfide) groups is 1. The zero-order valence-electron chi connectivity index (χ0n) is 18.2. The van der Waals surface area contributed by atoms with E-state index in [1.807, 2.05) is 24.3 Å². The summed E-state index contributed by atoms with van der Waals surface area (Å²) < 4.78 is 0. The van der Waals surface area contributed by atoms with Crippen LogP contribution in [0.4, 0.5) is 5.69 Å². The number of carboxylic acid groups (broad SMARTS) is 1. The minimum atomic E-state index is -0.836. The van der Waals surface area contributed by atoms with Gasteiger partial charge in [-0.1, -0.05) is 45.2 Å². The fraction of sp³-hybridized carbons (Fsp3) is 0.625. The van der Waals surface area contributed by atoms with Gasteiger partial charge in [0.05, 0.1) is 5.69 Å². The first-order chi connectivity index (χ1) is 14.3. The van der Waals surface area contributed by atoms with E-state index in [0.717, 1.165) is 55.2 Å². The number of carboxylic acids is 1. The minimum Gasteiger partial charge on any atom is -0.481 e. The molecule has 0 spiro atoms. The third-order valence-corrected chi connectivity index (χ3v) is 6.88. The molecule has 5 nitrogen and oxygen atoms in total. The van der Waals surface area contributed by atoms with Gasteiger partial charge in [0.25, 0.3) is 0 Å². The third kappa shape index (κ3) is 7.78. The predicted octanol–water partition coefficient (Wildman–Crippen LogP) is 6.28. The molecule has 0 saturated heterocycles. The molecular weight excluding hydrogens is 398 g/mol. The van der Waals surface area contributed by atoms with Crippen molar-refractivity contribution in [3.8, 4) is 0 Å². The van der Waals surface area contributed by atoms with E-state index in [9.17, 15) is 14.4 Å². The van der Waals surface area contributed by atoms with E-state index in [-0.39, 0.29) is 22.9 Å². The Bertz CT molecular complexity index is 726. The van der Waals surface area contributed by atoms with Crippen LogP contribution in [-0.2, 0) is 14.4 Å². The Morgan fingerprint density at radius 1 is 1.07 bits per heavy atom. The Hall–Kier alpha value is -1.82. The first-order valence-corrected chi connectivity index (χ1v) is 12.0. The van der Waals surface area contributed by atoms with Gasteiger partial charge < -0.3 is 10.4 Å². The van der Waals surface area contributed by atoms with Crippen LogP contribution in [0.2, 0.25) is 0 Å². The first kappa shape index (κ1) is 24.4. The zero-order chi connectivity index (χ0) is 22.0. The number of carbonyl (C=O) groups excluding carboxylic acids is 2. The van der Waals surface area contributed by atoms with Gasteiger partial charge >= 0.3 is 5.97 Å². The number of amides is 1. The lowest BCUT2D eigenvalue weighted by Crippen LogP contribution is -2.38. The van der Waals surface area contributed by atoms with Crippen molar-refractivity contribution in [3.63, 3.8) is 0 Å². The largest absolute Gasteiger partial charge is 0.481 e. The third-order valence-electron chi connectivity index (χ3n) is 5.87.